The van der Waals surface area contributed by atoms with E-state index >= 15 is 0 Å². The number of ether oxygens (including phenoxy) is 1. The van der Waals surface area contributed by atoms with Crippen LogP contribution in [-0.4, -0.2) is 53.2 Å². The lowest BCUT2D eigenvalue weighted by atomic mass is 9.95. The van der Waals surface area contributed by atoms with E-state index in [9.17, 15) is 4.79 Å². The molecule has 0 atom stereocenters. The molecule has 0 aliphatic carbocycles. The molecule has 2 N–H and O–H groups in total. The van der Waals surface area contributed by atoms with Crippen molar-refractivity contribution in [2.24, 2.45) is 0 Å². The Morgan fingerprint density at radius 3 is 2.81 bits per heavy atom. The number of amides is 1. The Bertz CT molecular complexity index is 1210. The van der Waals surface area contributed by atoms with Gasteiger partial charge < -0.3 is 20.4 Å². The zero-order valence-corrected chi connectivity index (χ0v) is 18.5. The summed E-state index contributed by atoms with van der Waals surface area (Å²) in [7, 11) is 3.41. The first kappa shape index (κ1) is 20.9. The molecule has 1 amide bonds. The smallest absolute Gasteiger partial charge is 0.273 e. The van der Waals surface area contributed by atoms with Crippen molar-refractivity contribution in [2.75, 3.05) is 27.2 Å². The number of rotatable bonds is 4. The molecule has 1 aliphatic rings. The van der Waals surface area contributed by atoms with E-state index in [0.717, 1.165) is 22.5 Å². The highest BCUT2D eigenvalue weighted by atomic mass is 35.5. The Morgan fingerprint density at radius 2 is 2.10 bits per heavy atom. The highest BCUT2D eigenvalue weighted by Crippen LogP contribution is 2.29. The fourth-order valence-electron chi connectivity index (χ4n) is 4.03. The minimum atomic E-state index is -0.115. The van der Waals surface area contributed by atoms with Crippen molar-refractivity contribution in [3.05, 3.63) is 70.1 Å². The molecule has 31 heavy (non-hydrogen) atoms. The molecule has 7 nitrogen and oxygen atoms in total. The Hall–Kier alpha value is -3.32. The summed E-state index contributed by atoms with van der Waals surface area (Å²) in [6.45, 7) is 2.59. The van der Waals surface area contributed by atoms with E-state index in [4.69, 9.17) is 21.7 Å². The van der Waals surface area contributed by atoms with E-state index < -0.39 is 0 Å². The van der Waals surface area contributed by atoms with Crippen molar-refractivity contribution in [1.29, 1.82) is 5.41 Å². The van der Waals surface area contributed by atoms with Crippen LogP contribution in [0.1, 0.15) is 28.2 Å². The number of carbonyl (C=O) groups is 1. The summed E-state index contributed by atoms with van der Waals surface area (Å²) in [6.07, 6.45) is 2.40. The first-order valence-corrected chi connectivity index (χ1v) is 10.4. The van der Waals surface area contributed by atoms with Gasteiger partial charge in [0, 0.05) is 41.6 Å². The quantitative estimate of drug-likeness (QED) is 0.650. The number of halogens is 1. The minimum absolute atomic E-state index is 0.115. The average Bonchev–Trinajstić information content (AvgIpc) is 3.10. The second-order valence-corrected chi connectivity index (χ2v) is 7.85. The molecule has 4 rings (SSSR count). The van der Waals surface area contributed by atoms with E-state index in [1.165, 1.54) is 0 Å². The maximum Gasteiger partial charge on any atom is 0.273 e. The molecule has 1 saturated heterocycles. The van der Waals surface area contributed by atoms with Gasteiger partial charge in [-0.05, 0) is 43.7 Å². The number of fused-ring (bicyclic) bond motifs is 1. The number of hydrogen-bond donors (Lipinski definition) is 2. The van der Waals surface area contributed by atoms with Gasteiger partial charge >= 0.3 is 0 Å². The predicted molar refractivity (Wildman–Crippen MR) is 122 cm³/mol. The van der Waals surface area contributed by atoms with E-state index in [0.29, 0.717) is 40.8 Å². The van der Waals surface area contributed by atoms with Crippen molar-refractivity contribution < 1.29 is 9.53 Å². The number of likely N-dealkylation sites (tertiary alicyclic amines) is 1. The number of aromatic nitrogens is 2. The molecule has 0 bridgehead atoms. The van der Waals surface area contributed by atoms with E-state index in [1.807, 2.05) is 54.9 Å². The molecular formula is C23H24ClN5O2. The summed E-state index contributed by atoms with van der Waals surface area (Å²) in [5.41, 5.74) is 4.91. The molecular weight excluding hydrogens is 414 g/mol. The van der Waals surface area contributed by atoms with Crippen molar-refractivity contribution in [3.63, 3.8) is 0 Å². The molecule has 0 spiro atoms. The van der Waals surface area contributed by atoms with Gasteiger partial charge in [0.2, 0.25) is 0 Å². The standard InChI is InChI=1S/C23H24ClN5O2/c1-14-22(29-8-5-4-6-20(29)27-14)23(30)28-9-7-18(19(25)13-28)21(26-2)15-10-16(24)12-17(11-15)31-3/h4-6,8,10-12,25-26H,7,9,13H2,1-3H3/b21-18-,25-19?. The van der Waals surface area contributed by atoms with Gasteiger partial charge in [-0.15, -0.1) is 0 Å². The second kappa shape index (κ2) is 8.43. The third kappa shape index (κ3) is 3.88. The number of carbonyl (C=O) groups excluding carboxylic acids is 1. The summed E-state index contributed by atoms with van der Waals surface area (Å²) in [5, 5.41) is 12.4. The number of methoxy groups -OCH3 is 1. The molecule has 2 aromatic heterocycles. The average molecular weight is 438 g/mol. The first-order chi connectivity index (χ1) is 14.9. The van der Waals surface area contributed by atoms with Gasteiger partial charge in [-0.3, -0.25) is 9.20 Å². The highest BCUT2D eigenvalue weighted by molar-refractivity contribution is 6.31. The van der Waals surface area contributed by atoms with Crippen LogP contribution in [0.3, 0.4) is 0 Å². The molecule has 0 unspecified atom stereocenters. The van der Waals surface area contributed by atoms with E-state index in [2.05, 4.69) is 10.3 Å². The lowest BCUT2D eigenvalue weighted by Gasteiger charge is -2.30. The number of nitrogens with zero attached hydrogens (tertiary/aromatic N) is 3. The largest absolute Gasteiger partial charge is 0.497 e. The number of imidazole rings is 1. The van der Waals surface area contributed by atoms with Crippen molar-refractivity contribution in [3.8, 4) is 5.75 Å². The molecule has 1 aromatic carbocycles. The van der Waals surface area contributed by atoms with Crippen LogP contribution in [-0.2, 0) is 0 Å². The van der Waals surface area contributed by atoms with Crippen LogP contribution in [0, 0.1) is 12.3 Å². The summed E-state index contributed by atoms with van der Waals surface area (Å²) < 4.78 is 7.14. The topological polar surface area (TPSA) is 82.7 Å². The van der Waals surface area contributed by atoms with Gasteiger partial charge in [0.25, 0.3) is 5.91 Å². The van der Waals surface area contributed by atoms with Gasteiger partial charge in [0.05, 0.1) is 25.1 Å². The first-order valence-electron chi connectivity index (χ1n) is 9.99. The normalized spacial score (nSPS) is 15.9. The molecule has 160 valence electrons. The van der Waals surface area contributed by atoms with Gasteiger partial charge in [0.15, 0.2) is 0 Å². The van der Waals surface area contributed by atoms with Crippen LogP contribution in [0.4, 0.5) is 0 Å². The SMILES string of the molecule is CN/C(=C1/CCN(C(=O)c2c(C)nc3ccccn23)CC1=N)c1cc(Cl)cc(OC)c1. The molecule has 3 heterocycles. The molecule has 0 radical (unpaired) electrons. The van der Waals surface area contributed by atoms with Crippen molar-refractivity contribution in [1.82, 2.24) is 19.6 Å². The molecule has 0 saturated carbocycles. The zero-order chi connectivity index (χ0) is 22.1. The molecule has 3 aromatic rings. The number of nitrogens with one attached hydrogen (secondary N) is 2. The number of hydrogen-bond acceptors (Lipinski definition) is 5. The lowest BCUT2D eigenvalue weighted by Crippen LogP contribution is -2.42. The lowest BCUT2D eigenvalue weighted by molar-refractivity contribution is 0.0768. The van der Waals surface area contributed by atoms with Crippen LogP contribution in [0.25, 0.3) is 11.3 Å². The molecule has 1 aliphatic heterocycles. The van der Waals surface area contributed by atoms with Crippen LogP contribution >= 0.6 is 11.6 Å². The Balaban J connectivity index is 1.63. The fraction of sp³-hybridized carbons (Fsp3) is 0.261. The molecule has 8 heteroatoms. The van der Waals surface area contributed by atoms with Gasteiger partial charge in [0.1, 0.15) is 17.1 Å². The van der Waals surface area contributed by atoms with Gasteiger partial charge in [-0.25, -0.2) is 4.98 Å². The van der Waals surface area contributed by atoms with Crippen LogP contribution in [0.15, 0.2) is 48.2 Å². The zero-order valence-electron chi connectivity index (χ0n) is 17.7. The van der Waals surface area contributed by atoms with Crippen LogP contribution in [0.5, 0.6) is 5.75 Å². The molecule has 1 fully saturated rings. The number of benzene rings is 1. The predicted octanol–water partition coefficient (Wildman–Crippen LogP) is 3.80. The van der Waals surface area contributed by atoms with Crippen LogP contribution in [0.2, 0.25) is 5.02 Å². The number of aryl methyl sites for hydroxylation is 1. The number of piperidine rings is 1. The second-order valence-electron chi connectivity index (χ2n) is 7.41. The van der Waals surface area contributed by atoms with E-state index in [1.54, 1.807) is 18.1 Å². The summed E-state index contributed by atoms with van der Waals surface area (Å²) in [5.74, 6) is 0.536. The maximum atomic E-state index is 13.3. The third-order valence-electron chi connectivity index (χ3n) is 5.49. The fourth-order valence-corrected chi connectivity index (χ4v) is 4.25. The summed E-state index contributed by atoms with van der Waals surface area (Å²) >= 11 is 6.24. The highest BCUT2D eigenvalue weighted by Gasteiger charge is 2.29. The third-order valence-corrected chi connectivity index (χ3v) is 5.70. The van der Waals surface area contributed by atoms with Gasteiger partial charge in [-0.1, -0.05) is 17.7 Å². The summed E-state index contributed by atoms with van der Waals surface area (Å²) in [6, 6.07) is 11.1. The summed E-state index contributed by atoms with van der Waals surface area (Å²) in [4.78, 5) is 19.5. The van der Waals surface area contributed by atoms with Crippen LogP contribution < -0.4 is 10.1 Å². The number of pyridine rings is 1. The maximum absolute atomic E-state index is 13.3. The van der Waals surface area contributed by atoms with Crippen molar-refractivity contribution in [2.45, 2.75) is 13.3 Å². The van der Waals surface area contributed by atoms with Crippen molar-refractivity contribution >= 4 is 34.6 Å². The Labute approximate surface area is 185 Å². The Kier molecular flexibility index (Phi) is 5.69. The van der Waals surface area contributed by atoms with E-state index in [-0.39, 0.29) is 12.5 Å². The minimum Gasteiger partial charge on any atom is -0.497 e. The monoisotopic (exact) mass is 437 g/mol. The Morgan fingerprint density at radius 1 is 1.29 bits per heavy atom. The van der Waals surface area contributed by atoms with Gasteiger partial charge in [-0.2, -0.15) is 0 Å².